The van der Waals surface area contributed by atoms with Gasteiger partial charge in [-0.15, -0.1) is 0 Å². The summed E-state index contributed by atoms with van der Waals surface area (Å²) in [6.45, 7) is 4.06. The molecule has 0 unspecified atom stereocenters. The SMILES string of the molecule is Cc1c(O)ccc(CC2CCC(CC3CCC(C)CC3)CC2)c1F. The quantitative estimate of drug-likeness (QED) is 0.676. The molecule has 2 heteroatoms. The van der Waals surface area contributed by atoms with E-state index < -0.39 is 0 Å². The Kier molecular flexibility index (Phi) is 5.84. The molecule has 0 saturated heterocycles. The molecule has 0 amide bonds. The fourth-order valence-electron chi connectivity index (χ4n) is 4.91. The molecule has 2 aliphatic carbocycles. The number of benzene rings is 1. The van der Waals surface area contributed by atoms with Gasteiger partial charge in [-0.2, -0.15) is 0 Å². The van der Waals surface area contributed by atoms with Gasteiger partial charge in [0.15, 0.2) is 0 Å². The maximum absolute atomic E-state index is 14.3. The number of rotatable bonds is 4. The van der Waals surface area contributed by atoms with Crippen LogP contribution in [0.2, 0.25) is 0 Å². The van der Waals surface area contributed by atoms with Crippen LogP contribution < -0.4 is 0 Å². The van der Waals surface area contributed by atoms with E-state index in [1.54, 1.807) is 19.1 Å². The Bertz CT molecular complexity index is 537. The third kappa shape index (κ3) is 4.32. The maximum atomic E-state index is 14.3. The molecule has 2 aliphatic rings. The van der Waals surface area contributed by atoms with Crippen LogP contribution in [0.4, 0.5) is 4.39 Å². The van der Waals surface area contributed by atoms with Crippen LogP contribution >= 0.6 is 0 Å². The second-order valence-electron chi connectivity index (χ2n) is 8.64. The number of halogens is 1. The fraction of sp³-hybridized carbons (Fsp3) is 0.727. The second-order valence-corrected chi connectivity index (χ2v) is 8.64. The number of phenols is 1. The molecule has 1 aromatic carbocycles. The van der Waals surface area contributed by atoms with Gasteiger partial charge in [-0.25, -0.2) is 4.39 Å². The summed E-state index contributed by atoms with van der Waals surface area (Å²) in [7, 11) is 0. The number of hydrogen-bond acceptors (Lipinski definition) is 1. The average Bonchev–Trinajstić information content (AvgIpc) is 2.59. The standard InChI is InChI=1S/C22H33FO/c1-15-3-5-17(6-4-15)13-18-7-9-19(10-8-18)14-20-11-12-21(24)16(2)22(20)23/h11-12,15,17-19,24H,3-10,13-14H2,1-2H3. The van der Waals surface area contributed by atoms with Crippen molar-refractivity contribution in [3.63, 3.8) is 0 Å². The Balaban J connectivity index is 1.46. The first-order chi connectivity index (χ1) is 11.5. The van der Waals surface area contributed by atoms with Gasteiger partial charge in [0.1, 0.15) is 11.6 Å². The van der Waals surface area contributed by atoms with Crippen LogP contribution in [0.1, 0.15) is 75.8 Å². The van der Waals surface area contributed by atoms with Gasteiger partial charge in [-0.05, 0) is 67.9 Å². The molecule has 0 bridgehead atoms. The lowest BCUT2D eigenvalue weighted by Crippen LogP contribution is -2.21. The molecule has 24 heavy (non-hydrogen) atoms. The molecule has 0 aromatic heterocycles. The molecule has 0 atom stereocenters. The van der Waals surface area contributed by atoms with Crippen LogP contribution in [0.3, 0.4) is 0 Å². The molecule has 2 saturated carbocycles. The normalized spacial score (nSPS) is 31.1. The van der Waals surface area contributed by atoms with E-state index in [9.17, 15) is 9.50 Å². The zero-order chi connectivity index (χ0) is 17.1. The van der Waals surface area contributed by atoms with Crippen LogP contribution in [-0.4, -0.2) is 5.11 Å². The third-order valence-corrected chi connectivity index (χ3v) is 6.71. The first-order valence-electron chi connectivity index (χ1n) is 9.99. The van der Waals surface area contributed by atoms with Crippen molar-refractivity contribution in [3.8, 4) is 5.75 Å². The summed E-state index contributed by atoms with van der Waals surface area (Å²) >= 11 is 0. The van der Waals surface area contributed by atoms with Gasteiger partial charge in [0.2, 0.25) is 0 Å². The predicted molar refractivity (Wildman–Crippen MR) is 97.7 cm³/mol. The summed E-state index contributed by atoms with van der Waals surface area (Å²) in [5.74, 6) is 3.31. The second kappa shape index (κ2) is 7.89. The van der Waals surface area contributed by atoms with Crippen molar-refractivity contribution in [1.29, 1.82) is 0 Å². The van der Waals surface area contributed by atoms with E-state index in [1.165, 1.54) is 57.8 Å². The van der Waals surface area contributed by atoms with E-state index in [-0.39, 0.29) is 11.6 Å². The summed E-state index contributed by atoms with van der Waals surface area (Å²) < 4.78 is 14.3. The molecule has 0 heterocycles. The van der Waals surface area contributed by atoms with Crippen LogP contribution in [-0.2, 0) is 6.42 Å². The topological polar surface area (TPSA) is 20.2 Å². The minimum absolute atomic E-state index is 0.0711. The van der Waals surface area contributed by atoms with Crippen molar-refractivity contribution >= 4 is 0 Å². The molecular weight excluding hydrogens is 299 g/mol. The van der Waals surface area contributed by atoms with Crippen molar-refractivity contribution in [2.45, 2.75) is 78.1 Å². The van der Waals surface area contributed by atoms with Gasteiger partial charge in [-0.1, -0.05) is 51.5 Å². The highest BCUT2D eigenvalue weighted by Crippen LogP contribution is 2.39. The van der Waals surface area contributed by atoms with Gasteiger partial charge in [0, 0.05) is 5.56 Å². The molecule has 3 rings (SSSR count). The van der Waals surface area contributed by atoms with Crippen molar-refractivity contribution in [2.75, 3.05) is 0 Å². The maximum Gasteiger partial charge on any atom is 0.132 e. The zero-order valence-corrected chi connectivity index (χ0v) is 15.4. The molecule has 0 spiro atoms. The van der Waals surface area contributed by atoms with Crippen LogP contribution in [0.5, 0.6) is 5.75 Å². The minimum atomic E-state index is -0.201. The van der Waals surface area contributed by atoms with E-state index in [0.29, 0.717) is 11.5 Å². The lowest BCUT2D eigenvalue weighted by molar-refractivity contribution is 0.195. The van der Waals surface area contributed by atoms with E-state index in [4.69, 9.17) is 0 Å². The Labute approximate surface area is 146 Å². The molecule has 0 radical (unpaired) electrons. The third-order valence-electron chi connectivity index (χ3n) is 6.71. The van der Waals surface area contributed by atoms with Gasteiger partial charge >= 0.3 is 0 Å². The highest BCUT2D eigenvalue weighted by molar-refractivity contribution is 5.36. The fourth-order valence-corrected chi connectivity index (χ4v) is 4.91. The van der Waals surface area contributed by atoms with Gasteiger partial charge in [-0.3, -0.25) is 0 Å². The Morgan fingerprint density at radius 3 is 2.08 bits per heavy atom. The van der Waals surface area contributed by atoms with Crippen LogP contribution in [0.15, 0.2) is 12.1 Å². The number of aromatic hydroxyl groups is 1. The first-order valence-corrected chi connectivity index (χ1v) is 9.99. The highest BCUT2D eigenvalue weighted by Gasteiger charge is 2.26. The average molecular weight is 333 g/mol. The summed E-state index contributed by atoms with van der Waals surface area (Å²) in [5.41, 5.74) is 1.18. The van der Waals surface area contributed by atoms with E-state index >= 15 is 0 Å². The van der Waals surface area contributed by atoms with Crippen LogP contribution in [0, 0.1) is 36.4 Å². The van der Waals surface area contributed by atoms with Gasteiger partial charge in [0.05, 0.1) is 0 Å². The lowest BCUT2D eigenvalue weighted by Gasteiger charge is -2.33. The number of phenolic OH excluding ortho intramolecular Hbond substituents is 1. The molecular formula is C22H33FO. The van der Waals surface area contributed by atoms with Crippen molar-refractivity contribution in [3.05, 3.63) is 29.1 Å². The molecule has 1 N–H and O–H groups in total. The summed E-state index contributed by atoms with van der Waals surface area (Å²) in [4.78, 5) is 0. The molecule has 1 aromatic rings. The van der Waals surface area contributed by atoms with E-state index in [2.05, 4.69) is 6.92 Å². The Morgan fingerprint density at radius 1 is 0.917 bits per heavy atom. The summed E-state index contributed by atoms with van der Waals surface area (Å²) in [5, 5.41) is 9.60. The number of hydrogen-bond donors (Lipinski definition) is 1. The molecule has 0 aliphatic heterocycles. The molecule has 134 valence electrons. The minimum Gasteiger partial charge on any atom is -0.508 e. The van der Waals surface area contributed by atoms with Gasteiger partial charge in [0.25, 0.3) is 0 Å². The van der Waals surface area contributed by atoms with Gasteiger partial charge < -0.3 is 5.11 Å². The lowest BCUT2D eigenvalue weighted by atomic mass is 9.72. The smallest absolute Gasteiger partial charge is 0.132 e. The van der Waals surface area contributed by atoms with Crippen molar-refractivity contribution < 1.29 is 9.50 Å². The molecule has 1 nitrogen and oxygen atoms in total. The molecule has 2 fully saturated rings. The largest absolute Gasteiger partial charge is 0.508 e. The zero-order valence-electron chi connectivity index (χ0n) is 15.4. The van der Waals surface area contributed by atoms with Crippen LogP contribution in [0.25, 0.3) is 0 Å². The highest BCUT2D eigenvalue weighted by atomic mass is 19.1. The first kappa shape index (κ1) is 17.8. The Morgan fingerprint density at radius 2 is 1.46 bits per heavy atom. The Hall–Kier alpha value is -1.05. The predicted octanol–water partition coefficient (Wildman–Crippen LogP) is 6.41. The summed E-state index contributed by atoms with van der Waals surface area (Å²) in [6.07, 6.45) is 13.2. The summed E-state index contributed by atoms with van der Waals surface area (Å²) in [6, 6.07) is 3.41. The van der Waals surface area contributed by atoms with E-state index in [1.807, 2.05) is 0 Å². The van der Waals surface area contributed by atoms with E-state index in [0.717, 1.165) is 29.7 Å². The monoisotopic (exact) mass is 332 g/mol. The van der Waals surface area contributed by atoms with Crippen molar-refractivity contribution in [1.82, 2.24) is 0 Å². The van der Waals surface area contributed by atoms with Crippen molar-refractivity contribution in [2.24, 2.45) is 23.7 Å².